The molecule has 0 aromatic carbocycles. The van der Waals surface area contributed by atoms with Gasteiger partial charge in [0, 0.05) is 0 Å². The number of carboxylic acid groups (broad SMARTS) is 1. The van der Waals surface area contributed by atoms with Gasteiger partial charge in [0.05, 0.1) is 18.6 Å². The molecule has 7 heteroatoms. The molecule has 0 rings (SSSR count). The predicted molar refractivity (Wildman–Crippen MR) is 59.1 cm³/mol. The molecule has 0 fully saturated rings. The van der Waals surface area contributed by atoms with Crippen LogP contribution in [0, 0.1) is 0 Å². The first-order chi connectivity index (χ1) is 7.73. The molecule has 0 saturated heterocycles. The van der Waals surface area contributed by atoms with Crippen molar-refractivity contribution < 1.29 is 24.2 Å². The SMILES string of the molecule is CC(C)OC(=O)[C@H](C)NC(=O)[C@H](N)CC(=O)O. The van der Waals surface area contributed by atoms with Gasteiger partial charge in [-0.25, -0.2) is 4.79 Å². The predicted octanol–water partition coefficient (Wildman–Crippen LogP) is -0.755. The van der Waals surface area contributed by atoms with Crippen LogP contribution < -0.4 is 11.1 Å². The van der Waals surface area contributed by atoms with Crippen molar-refractivity contribution in [2.75, 3.05) is 0 Å². The third kappa shape index (κ3) is 6.52. The lowest BCUT2D eigenvalue weighted by molar-refractivity contribution is -0.151. The summed E-state index contributed by atoms with van der Waals surface area (Å²) < 4.78 is 4.86. The average Bonchev–Trinajstić information content (AvgIpc) is 2.15. The Morgan fingerprint density at radius 2 is 1.82 bits per heavy atom. The highest BCUT2D eigenvalue weighted by molar-refractivity contribution is 5.89. The van der Waals surface area contributed by atoms with Crippen LogP contribution in [0.4, 0.5) is 0 Å². The van der Waals surface area contributed by atoms with Crippen LogP contribution in [0.2, 0.25) is 0 Å². The van der Waals surface area contributed by atoms with E-state index in [4.69, 9.17) is 15.6 Å². The average molecular weight is 246 g/mol. The van der Waals surface area contributed by atoms with Gasteiger partial charge < -0.3 is 20.9 Å². The molecule has 0 aliphatic rings. The Kier molecular flexibility index (Phi) is 6.19. The van der Waals surface area contributed by atoms with Gasteiger partial charge in [0.2, 0.25) is 5.91 Å². The molecular formula is C10H18N2O5. The van der Waals surface area contributed by atoms with Crippen LogP contribution in [0.1, 0.15) is 27.2 Å². The largest absolute Gasteiger partial charge is 0.481 e. The normalized spacial score (nSPS) is 13.9. The number of carbonyl (C=O) groups is 3. The molecule has 0 aliphatic heterocycles. The van der Waals surface area contributed by atoms with E-state index in [1.165, 1.54) is 6.92 Å². The molecular weight excluding hydrogens is 228 g/mol. The molecule has 0 saturated carbocycles. The van der Waals surface area contributed by atoms with Gasteiger partial charge in [-0.2, -0.15) is 0 Å². The Labute approximate surface area is 99.3 Å². The number of hydrogen-bond donors (Lipinski definition) is 3. The van der Waals surface area contributed by atoms with Crippen molar-refractivity contribution >= 4 is 17.8 Å². The van der Waals surface area contributed by atoms with Crippen molar-refractivity contribution in [2.24, 2.45) is 5.73 Å². The van der Waals surface area contributed by atoms with Gasteiger partial charge in [0.15, 0.2) is 0 Å². The van der Waals surface area contributed by atoms with Gasteiger partial charge in [0.25, 0.3) is 0 Å². The van der Waals surface area contributed by atoms with E-state index in [0.717, 1.165) is 0 Å². The van der Waals surface area contributed by atoms with Gasteiger partial charge in [-0.15, -0.1) is 0 Å². The van der Waals surface area contributed by atoms with Crippen LogP contribution in [-0.4, -0.2) is 41.1 Å². The number of ether oxygens (including phenoxy) is 1. The Morgan fingerprint density at radius 1 is 1.29 bits per heavy atom. The summed E-state index contributed by atoms with van der Waals surface area (Å²) in [5, 5.41) is 10.7. The number of carboxylic acids is 1. The van der Waals surface area contributed by atoms with E-state index in [1.807, 2.05) is 0 Å². The minimum Gasteiger partial charge on any atom is -0.481 e. The van der Waals surface area contributed by atoms with Gasteiger partial charge in [0.1, 0.15) is 6.04 Å². The maximum absolute atomic E-state index is 11.4. The van der Waals surface area contributed by atoms with E-state index in [9.17, 15) is 14.4 Å². The highest BCUT2D eigenvalue weighted by Crippen LogP contribution is 1.96. The summed E-state index contributed by atoms with van der Waals surface area (Å²) in [6.07, 6.45) is -0.771. The van der Waals surface area contributed by atoms with Crippen LogP contribution in [0.25, 0.3) is 0 Å². The molecule has 0 heterocycles. The fraction of sp³-hybridized carbons (Fsp3) is 0.700. The second-order valence-electron chi connectivity index (χ2n) is 3.92. The highest BCUT2D eigenvalue weighted by atomic mass is 16.5. The second-order valence-corrected chi connectivity index (χ2v) is 3.92. The standard InChI is InChI=1S/C10H18N2O5/c1-5(2)17-10(16)6(3)12-9(15)7(11)4-8(13)14/h5-7H,4,11H2,1-3H3,(H,12,15)(H,13,14)/t6-,7+/m0/s1. The van der Waals surface area contributed by atoms with Crippen molar-refractivity contribution in [3.63, 3.8) is 0 Å². The van der Waals surface area contributed by atoms with Crippen LogP contribution in [-0.2, 0) is 19.1 Å². The Balaban J connectivity index is 4.19. The molecule has 98 valence electrons. The molecule has 2 atom stereocenters. The summed E-state index contributed by atoms with van der Waals surface area (Å²) in [6.45, 7) is 4.81. The molecule has 0 aromatic rings. The smallest absolute Gasteiger partial charge is 0.328 e. The zero-order valence-electron chi connectivity index (χ0n) is 10.1. The number of rotatable bonds is 6. The van der Waals surface area contributed by atoms with Crippen molar-refractivity contribution in [1.29, 1.82) is 0 Å². The van der Waals surface area contributed by atoms with Gasteiger partial charge >= 0.3 is 11.9 Å². The van der Waals surface area contributed by atoms with Crippen LogP contribution in [0.3, 0.4) is 0 Å². The summed E-state index contributed by atoms with van der Waals surface area (Å²) >= 11 is 0. The minimum absolute atomic E-state index is 0.283. The molecule has 0 aliphatic carbocycles. The molecule has 0 radical (unpaired) electrons. The maximum Gasteiger partial charge on any atom is 0.328 e. The zero-order valence-corrected chi connectivity index (χ0v) is 10.1. The summed E-state index contributed by atoms with van der Waals surface area (Å²) in [7, 11) is 0. The molecule has 4 N–H and O–H groups in total. The van der Waals surface area contributed by atoms with Gasteiger partial charge in [-0.3, -0.25) is 9.59 Å². The lowest BCUT2D eigenvalue weighted by atomic mass is 10.2. The van der Waals surface area contributed by atoms with Crippen molar-refractivity contribution in [3.8, 4) is 0 Å². The Morgan fingerprint density at radius 3 is 2.24 bits per heavy atom. The Hall–Kier alpha value is -1.63. The van der Waals surface area contributed by atoms with E-state index >= 15 is 0 Å². The number of nitrogens with one attached hydrogen (secondary N) is 1. The van der Waals surface area contributed by atoms with Gasteiger partial charge in [-0.1, -0.05) is 0 Å². The number of hydrogen-bond acceptors (Lipinski definition) is 5. The van der Waals surface area contributed by atoms with E-state index in [1.54, 1.807) is 13.8 Å². The summed E-state index contributed by atoms with van der Waals surface area (Å²) in [5.41, 5.74) is 5.32. The number of aliphatic carboxylic acids is 1. The summed E-state index contributed by atoms with van der Waals surface area (Å²) in [4.78, 5) is 33.0. The maximum atomic E-state index is 11.4. The molecule has 17 heavy (non-hydrogen) atoms. The third-order valence-corrected chi connectivity index (χ3v) is 1.80. The lowest BCUT2D eigenvalue weighted by Gasteiger charge is -2.17. The third-order valence-electron chi connectivity index (χ3n) is 1.80. The second kappa shape index (κ2) is 6.85. The fourth-order valence-corrected chi connectivity index (χ4v) is 0.995. The van der Waals surface area contributed by atoms with E-state index < -0.39 is 36.4 Å². The quantitative estimate of drug-likeness (QED) is 0.530. The zero-order chi connectivity index (χ0) is 13.6. The Bertz CT molecular complexity index is 303. The van der Waals surface area contributed by atoms with Crippen LogP contribution in [0.15, 0.2) is 0 Å². The van der Waals surface area contributed by atoms with E-state index in [-0.39, 0.29) is 6.10 Å². The van der Waals surface area contributed by atoms with Crippen molar-refractivity contribution in [2.45, 2.75) is 45.4 Å². The summed E-state index contributed by atoms with van der Waals surface area (Å²) in [6, 6.07) is -2.04. The first-order valence-electron chi connectivity index (χ1n) is 5.22. The number of carbonyl (C=O) groups excluding carboxylic acids is 2. The van der Waals surface area contributed by atoms with Gasteiger partial charge in [-0.05, 0) is 20.8 Å². The fourth-order valence-electron chi connectivity index (χ4n) is 0.995. The van der Waals surface area contributed by atoms with Crippen molar-refractivity contribution in [3.05, 3.63) is 0 Å². The molecule has 1 amide bonds. The lowest BCUT2D eigenvalue weighted by Crippen LogP contribution is -2.48. The molecule has 7 nitrogen and oxygen atoms in total. The van der Waals surface area contributed by atoms with Crippen LogP contribution >= 0.6 is 0 Å². The van der Waals surface area contributed by atoms with E-state index in [2.05, 4.69) is 5.32 Å². The minimum atomic E-state index is -1.18. The summed E-state index contributed by atoms with van der Waals surface area (Å²) in [5.74, 6) is -2.46. The topological polar surface area (TPSA) is 119 Å². The monoisotopic (exact) mass is 246 g/mol. The van der Waals surface area contributed by atoms with Crippen molar-refractivity contribution in [1.82, 2.24) is 5.32 Å². The van der Waals surface area contributed by atoms with E-state index in [0.29, 0.717) is 0 Å². The molecule has 0 aromatic heterocycles. The number of nitrogens with two attached hydrogens (primary N) is 1. The first kappa shape index (κ1) is 15.4. The molecule has 0 unspecified atom stereocenters. The number of amides is 1. The first-order valence-corrected chi connectivity index (χ1v) is 5.22. The molecule has 0 bridgehead atoms. The highest BCUT2D eigenvalue weighted by Gasteiger charge is 2.23. The van der Waals surface area contributed by atoms with Crippen LogP contribution in [0.5, 0.6) is 0 Å². The molecule has 0 spiro atoms. The number of esters is 1.